The molecular weight excluding hydrogens is 298 g/mol. The van der Waals surface area contributed by atoms with Gasteiger partial charge in [0.05, 0.1) is 0 Å². The van der Waals surface area contributed by atoms with Gasteiger partial charge in [0.15, 0.2) is 5.17 Å². The number of benzene rings is 1. The second-order valence-corrected chi connectivity index (χ2v) is 6.49. The molecule has 2 N–H and O–H groups in total. The number of para-hydroxylation sites is 1. The van der Waals surface area contributed by atoms with E-state index in [9.17, 15) is 9.59 Å². The third-order valence-electron chi connectivity index (χ3n) is 3.37. The van der Waals surface area contributed by atoms with Gasteiger partial charge in [-0.1, -0.05) is 36.9 Å². The first kappa shape index (κ1) is 16.5. The summed E-state index contributed by atoms with van der Waals surface area (Å²) < 4.78 is 0. The summed E-state index contributed by atoms with van der Waals surface area (Å²) in [5, 5.41) is 5.86. The van der Waals surface area contributed by atoms with E-state index in [0.29, 0.717) is 11.7 Å². The second-order valence-electron chi connectivity index (χ2n) is 5.30. The first-order chi connectivity index (χ1) is 10.5. The van der Waals surface area contributed by atoms with Crippen LogP contribution in [0.1, 0.15) is 30.9 Å². The predicted octanol–water partition coefficient (Wildman–Crippen LogP) is 2.63. The lowest BCUT2D eigenvalue weighted by Crippen LogP contribution is -2.28. The first-order valence-electron chi connectivity index (χ1n) is 7.39. The zero-order valence-corrected chi connectivity index (χ0v) is 13.9. The van der Waals surface area contributed by atoms with Gasteiger partial charge in [-0.25, -0.2) is 0 Å². The topological polar surface area (TPSA) is 70.6 Å². The molecule has 2 amide bonds. The van der Waals surface area contributed by atoms with E-state index in [1.165, 1.54) is 11.8 Å². The Hall–Kier alpha value is -1.82. The molecule has 5 nitrogen and oxygen atoms in total. The summed E-state index contributed by atoms with van der Waals surface area (Å²) in [6, 6.07) is 5.86. The molecule has 1 atom stereocenters. The Morgan fingerprint density at radius 3 is 2.68 bits per heavy atom. The number of thioether (sulfide) groups is 1. The summed E-state index contributed by atoms with van der Waals surface area (Å²) in [5.41, 5.74) is 2.86. The number of rotatable bonds is 5. The maximum absolute atomic E-state index is 12.2. The highest BCUT2D eigenvalue weighted by molar-refractivity contribution is 8.15. The van der Waals surface area contributed by atoms with Crippen molar-refractivity contribution in [1.29, 1.82) is 0 Å². The van der Waals surface area contributed by atoms with Crippen LogP contribution in [-0.2, 0) is 9.59 Å². The van der Waals surface area contributed by atoms with Gasteiger partial charge in [0, 0.05) is 18.7 Å². The molecular formula is C16H21N3O2S. The molecule has 22 heavy (non-hydrogen) atoms. The van der Waals surface area contributed by atoms with E-state index in [-0.39, 0.29) is 18.2 Å². The molecule has 0 radical (unpaired) electrons. The van der Waals surface area contributed by atoms with Crippen LogP contribution in [0.4, 0.5) is 5.69 Å². The maximum atomic E-state index is 12.2. The zero-order valence-electron chi connectivity index (χ0n) is 13.1. The molecule has 1 aliphatic heterocycles. The quantitative estimate of drug-likeness (QED) is 0.876. The van der Waals surface area contributed by atoms with Gasteiger partial charge in [-0.2, -0.15) is 0 Å². The number of nitrogens with one attached hydrogen (secondary N) is 2. The summed E-state index contributed by atoms with van der Waals surface area (Å²) in [7, 11) is 0. The molecule has 1 unspecified atom stereocenters. The van der Waals surface area contributed by atoms with Gasteiger partial charge in [-0.3, -0.25) is 14.6 Å². The van der Waals surface area contributed by atoms with Crippen LogP contribution < -0.4 is 10.6 Å². The van der Waals surface area contributed by atoms with Crippen LogP contribution in [0.2, 0.25) is 0 Å². The monoisotopic (exact) mass is 319 g/mol. The smallest absolute Gasteiger partial charge is 0.240 e. The number of amides is 2. The van der Waals surface area contributed by atoms with E-state index in [0.717, 1.165) is 23.2 Å². The van der Waals surface area contributed by atoms with Crippen LogP contribution in [-0.4, -0.2) is 28.8 Å². The van der Waals surface area contributed by atoms with Crippen molar-refractivity contribution in [2.24, 2.45) is 4.99 Å². The molecule has 1 heterocycles. The fourth-order valence-electron chi connectivity index (χ4n) is 2.20. The molecule has 1 fully saturated rings. The van der Waals surface area contributed by atoms with Crippen LogP contribution in [0, 0.1) is 13.8 Å². The normalized spacial score (nSPS) is 19.3. The summed E-state index contributed by atoms with van der Waals surface area (Å²) in [6.07, 6.45) is 1.08. The van der Waals surface area contributed by atoms with Crippen molar-refractivity contribution in [1.82, 2.24) is 5.32 Å². The van der Waals surface area contributed by atoms with Crippen molar-refractivity contribution in [3.05, 3.63) is 29.3 Å². The molecule has 118 valence electrons. The molecule has 2 rings (SSSR count). The van der Waals surface area contributed by atoms with E-state index >= 15 is 0 Å². The predicted molar refractivity (Wildman–Crippen MR) is 91.3 cm³/mol. The van der Waals surface area contributed by atoms with Crippen LogP contribution in [0.15, 0.2) is 23.2 Å². The third kappa shape index (κ3) is 4.10. The molecule has 0 bridgehead atoms. The Bertz CT molecular complexity index is 593. The Labute approximate surface area is 135 Å². The van der Waals surface area contributed by atoms with Crippen molar-refractivity contribution < 1.29 is 9.59 Å². The summed E-state index contributed by atoms with van der Waals surface area (Å²) in [6.45, 7) is 6.62. The van der Waals surface area contributed by atoms with Gasteiger partial charge in [0.2, 0.25) is 11.8 Å². The van der Waals surface area contributed by atoms with E-state index < -0.39 is 5.25 Å². The number of carbonyl (C=O) groups excluding carboxylic acids is 2. The number of aryl methyl sites for hydroxylation is 2. The lowest BCUT2D eigenvalue weighted by Gasteiger charge is -2.12. The standard InChI is InChI=1S/C16H21N3O2S/c1-4-8-17-16-19-15(21)12(22-16)9-13(20)18-14-10(2)6-5-7-11(14)3/h5-7,12H,4,8-9H2,1-3H3,(H,18,20)(H,17,19,21). The minimum absolute atomic E-state index is 0.142. The van der Waals surface area contributed by atoms with Gasteiger partial charge in [0.25, 0.3) is 0 Å². The maximum Gasteiger partial charge on any atom is 0.240 e. The van der Waals surface area contributed by atoms with E-state index in [1.807, 2.05) is 39.0 Å². The van der Waals surface area contributed by atoms with Crippen LogP contribution in [0.25, 0.3) is 0 Å². The van der Waals surface area contributed by atoms with Crippen molar-refractivity contribution in [3.8, 4) is 0 Å². The highest BCUT2D eigenvalue weighted by Crippen LogP contribution is 2.24. The van der Waals surface area contributed by atoms with Crippen molar-refractivity contribution in [2.75, 3.05) is 11.9 Å². The van der Waals surface area contributed by atoms with Crippen molar-refractivity contribution >= 4 is 34.4 Å². The SMILES string of the molecule is CCCN=C1NC(=O)C(CC(=O)Nc2c(C)cccc2C)S1. The van der Waals surface area contributed by atoms with Crippen LogP contribution in [0.3, 0.4) is 0 Å². The fraction of sp³-hybridized carbons (Fsp3) is 0.438. The average Bonchev–Trinajstić information content (AvgIpc) is 2.81. The number of anilines is 1. The molecule has 6 heteroatoms. The van der Waals surface area contributed by atoms with Crippen molar-refractivity contribution in [2.45, 2.75) is 38.9 Å². The minimum Gasteiger partial charge on any atom is -0.326 e. The lowest BCUT2D eigenvalue weighted by molar-refractivity contribution is -0.122. The average molecular weight is 319 g/mol. The summed E-state index contributed by atoms with van der Waals surface area (Å²) in [4.78, 5) is 28.3. The molecule has 1 aliphatic rings. The van der Waals surface area contributed by atoms with Gasteiger partial charge < -0.3 is 10.6 Å². The number of carbonyl (C=O) groups is 2. The Kier molecular flexibility index (Phi) is 5.60. The highest BCUT2D eigenvalue weighted by atomic mass is 32.2. The first-order valence-corrected chi connectivity index (χ1v) is 8.27. The second kappa shape index (κ2) is 7.45. The van der Waals surface area contributed by atoms with Gasteiger partial charge in [-0.05, 0) is 31.4 Å². The number of amidine groups is 1. The Morgan fingerprint density at radius 2 is 2.05 bits per heavy atom. The Morgan fingerprint density at radius 1 is 1.36 bits per heavy atom. The number of hydrogen-bond donors (Lipinski definition) is 2. The van der Waals surface area contributed by atoms with Gasteiger partial charge in [0.1, 0.15) is 5.25 Å². The van der Waals surface area contributed by atoms with Crippen LogP contribution >= 0.6 is 11.8 Å². The molecule has 0 spiro atoms. The summed E-state index contributed by atoms with van der Waals surface area (Å²) in [5.74, 6) is -0.293. The highest BCUT2D eigenvalue weighted by Gasteiger charge is 2.32. The number of hydrogen-bond acceptors (Lipinski definition) is 4. The van der Waals surface area contributed by atoms with E-state index in [4.69, 9.17) is 0 Å². The molecule has 0 aromatic heterocycles. The third-order valence-corrected chi connectivity index (χ3v) is 4.49. The number of aliphatic imine (C=N–C) groups is 1. The van der Waals surface area contributed by atoms with Crippen molar-refractivity contribution in [3.63, 3.8) is 0 Å². The molecule has 0 aliphatic carbocycles. The minimum atomic E-state index is -0.403. The van der Waals surface area contributed by atoms with Gasteiger partial charge in [-0.15, -0.1) is 0 Å². The molecule has 0 saturated carbocycles. The Balaban J connectivity index is 1.97. The molecule has 1 saturated heterocycles. The molecule has 1 aromatic rings. The summed E-state index contributed by atoms with van der Waals surface area (Å²) >= 11 is 1.33. The van der Waals surface area contributed by atoms with E-state index in [1.54, 1.807) is 0 Å². The van der Waals surface area contributed by atoms with Gasteiger partial charge >= 0.3 is 0 Å². The lowest BCUT2D eigenvalue weighted by atomic mass is 10.1. The number of nitrogens with zero attached hydrogens (tertiary/aromatic N) is 1. The largest absolute Gasteiger partial charge is 0.326 e. The zero-order chi connectivity index (χ0) is 16.1. The fourth-order valence-corrected chi connectivity index (χ4v) is 3.19. The molecule has 1 aromatic carbocycles. The van der Waals surface area contributed by atoms with E-state index in [2.05, 4.69) is 15.6 Å². The van der Waals surface area contributed by atoms with Crippen LogP contribution in [0.5, 0.6) is 0 Å².